The van der Waals surface area contributed by atoms with E-state index in [4.69, 9.17) is 5.21 Å². The molecule has 0 rings (SSSR count). The van der Waals surface area contributed by atoms with E-state index < -0.39 is 6.04 Å². The molecular formula is C10H19N3O2. The van der Waals surface area contributed by atoms with Gasteiger partial charge < -0.3 is 10.4 Å². The molecule has 0 saturated heterocycles. The van der Waals surface area contributed by atoms with Crippen LogP contribution in [0.5, 0.6) is 0 Å². The van der Waals surface area contributed by atoms with Gasteiger partial charge in [0.15, 0.2) is 6.04 Å². The fraction of sp³-hybridized carbons (Fsp3) is 0.700. The van der Waals surface area contributed by atoms with E-state index >= 15 is 0 Å². The Balaban J connectivity index is 4.13. The molecule has 0 saturated carbocycles. The van der Waals surface area contributed by atoms with Crippen molar-refractivity contribution in [1.29, 1.82) is 0 Å². The lowest BCUT2D eigenvalue weighted by atomic mass is 10.2. The molecule has 86 valence electrons. The summed E-state index contributed by atoms with van der Waals surface area (Å²) >= 11 is 0. The quantitative estimate of drug-likeness (QED) is 0.184. The number of nitrogens with zero attached hydrogens (tertiary/aromatic N) is 3. The highest BCUT2D eigenvalue weighted by atomic mass is 16.5. The van der Waals surface area contributed by atoms with Crippen LogP contribution in [0.4, 0.5) is 0 Å². The number of allylic oxidation sites excluding steroid dienone is 1. The number of hydrogen-bond donors (Lipinski definition) is 1. The van der Waals surface area contributed by atoms with Gasteiger partial charge in [0.1, 0.15) is 0 Å². The molecule has 0 aromatic rings. The van der Waals surface area contributed by atoms with Gasteiger partial charge in [0.05, 0.1) is 5.71 Å². The van der Waals surface area contributed by atoms with Gasteiger partial charge in [-0.3, -0.25) is 0 Å². The Morgan fingerprint density at radius 1 is 1.60 bits per heavy atom. The lowest BCUT2D eigenvalue weighted by Gasteiger charge is -2.00. The minimum absolute atomic E-state index is 0.400. The van der Waals surface area contributed by atoms with E-state index in [0.29, 0.717) is 10.6 Å². The van der Waals surface area contributed by atoms with Gasteiger partial charge in [-0.1, -0.05) is 23.4 Å². The van der Waals surface area contributed by atoms with Gasteiger partial charge in [-0.05, 0) is 37.9 Å². The third-order valence-electron chi connectivity index (χ3n) is 2.01. The number of hydroxylamine groups is 1. The fourth-order valence-corrected chi connectivity index (χ4v) is 0.863. The van der Waals surface area contributed by atoms with Crippen molar-refractivity contribution in [1.82, 2.24) is 0 Å². The molecule has 0 aliphatic rings. The summed E-state index contributed by atoms with van der Waals surface area (Å²) in [4.78, 5) is 0.509. The number of azo groups is 1. The molecule has 1 N–H and O–H groups in total. The molecule has 0 fully saturated rings. The molecule has 0 bridgehead atoms. The van der Waals surface area contributed by atoms with Crippen LogP contribution in [0.3, 0.4) is 0 Å². The normalized spacial score (nSPS) is 15.9. The first-order valence-electron chi connectivity index (χ1n) is 5.14. The van der Waals surface area contributed by atoms with Crippen molar-refractivity contribution in [2.75, 3.05) is 0 Å². The average molecular weight is 213 g/mol. The number of rotatable bonds is 6. The van der Waals surface area contributed by atoms with Crippen LogP contribution in [0.15, 0.2) is 22.5 Å². The summed E-state index contributed by atoms with van der Waals surface area (Å²) in [5, 5.41) is 26.3. The molecule has 0 spiro atoms. The van der Waals surface area contributed by atoms with E-state index in [-0.39, 0.29) is 0 Å². The third kappa shape index (κ3) is 6.65. The summed E-state index contributed by atoms with van der Waals surface area (Å²) in [5.74, 6) is 0. The summed E-state index contributed by atoms with van der Waals surface area (Å²) in [7, 11) is 0. The van der Waals surface area contributed by atoms with E-state index in [1.165, 1.54) is 6.20 Å². The molecule has 0 radical (unpaired) electrons. The molecule has 0 heterocycles. The average Bonchev–Trinajstić information content (AvgIpc) is 2.23. The second kappa shape index (κ2) is 7.96. The highest BCUT2D eigenvalue weighted by Gasteiger charge is 2.07. The smallest absolute Gasteiger partial charge is 0.205 e. The SMILES string of the molecule is CCCCC=C[N+]([O-])=NC(C)C(C)=NO. The fourth-order valence-electron chi connectivity index (χ4n) is 0.863. The van der Waals surface area contributed by atoms with Crippen molar-refractivity contribution < 1.29 is 10.1 Å². The molecule has 15 heavy (non-hydrogen) atoms. The van der Waals surface area contributed by atoms with Crippen LogP contribution in [0.25, 0.3) is 0 Å². The lowest BCUT2D eigenvalue weighted by molar-refractivity contribution is -0.460. The molecule has 0 aromatic carbocycles. The highest BCUT2D eigenvalue weighted by molar-refractivity contribution is 5.86. The van der Waals surface area contributed by atoms with Crippen molar-refractivity contribution in [3.63, 3.8) is 0 Å². The Bertz CT molecular complexity index is 259. The highest BCUT2D eigenvalue weighted by Crippen LogP contribution is 1.97. The zero-order chi connectivity index (χ0) is 11.7. The zero-order valence-corrected chi connectivity index (χ0v) is 9.55. The van der Waals surface area contributed by atoms with E-state index in [1.54, 1.807) is 19.9 Å². The van der Waals surface area contributed by atoms with Crippen LogP contribution in [-0.4, -0.2) is 21.8 Å². The maximum atomic E-state index is 11.2. The van der Waals surface area contributed by atoms with Crippen LogP contribution in [0.2, 0.25) is 0 Å². The predicted octanol–water partition coefficient (Wildman–Crippen LogP) is 2.89. The molecule has 0 aliphatic heterocycles. The van der Waals surface area contributed by atoms with E-state index in [2.05, 4.69) is 17.2 Å². The van der Waals surface area contributed by atoms with Crippen LogP contribution in [-0.2, 0) is 0 Å². The van der Waals surface area contributed by atoms with Crippen LogP contribution < -0.4 is 0 Å². The molecule has 5 nitrogen and oxygen atoms in total. The second-order valence-corrected chi connectivity index (χ2v) is 3.36. The number of hydrogen-bond acceptors (Lipinski definition) is 4. The monoisotopic (exact) mass is 213 g/mol. The van der Waals surface area contributed by atoms with E-state index in [1.807, 2.05) is 0 Å². The van der Waals surface area contributed by atoms with Gasteiger partial charge in [-0.2, -0.15) is 0 Å². The van der Waals surface area contributed by atoms with Gasteiger partial charge in [0, 0.05) is 0 Å². The van der Waals surface area contributed by atoms with Crippen molar-refractivity contribution in [3.05, 3.63) is 17.5 Å². The summed E-state index contributed by atoms with van der Waals surface area (Å²) in [6.07, 6.45) is 6.23. The van der Waals surface area contributed by atoms with Gasteiger partial charge in [-0.15, -0.1) is 0 Å². The van der Waals surface area contributed by atoms with Gasteiger partial charge in [0.2, 0.25) is 6.20 Å². The van der Waals surface area contributed by atoms with Crippen LogP contribution in [0.1, 0.15) is 40.0 Å². The number of unbranched alkanes of at least 4 members (excludes halogenated alkanes) is 2. The van der Waals surface area contributed by atoms with Gasteiger partial charge in [-0.25, -0.2) is 0 Å². The second-order valence-electron chi connectivity index (χ2n) is 3.36. The summed E-state index contributed by atoms with van der Waals surface area (Å²) in [6.45, 7) is 5.40. The summed E-state index contributed by atoms with van der Waals surface area (Å²) in [5.41, 5.74) is 0.415. The topological polar surface area (TPSA) is 71.0 Å². The van der Waals surface area contributed by atoms with Gasteiger partial charge in [0.25, 0.3) is 0 Å². The predicted molar refractivity (Wildman–Crippen MR) is 59.1 cm³/mol. The van der Waals surface area contributed by atoms with Crippen molar-refractivity contribution in [3.8, 4) is 0 Å². The lowest BCUT2D eigenvalue weighted by Crippen LogP contribution is -2.12. The maximum absolute atomic E-state index is 11.2. The molecular weight excluding hydrogens is 194 g/mol. The molecule has 0 aliphatic carbocycles. The molecule has 5 heteroatoms. The Labute approximate surface area is 90.4 Å². The zero-order valence-electron chi connectivity index (χ0n) is 9.55. The minimum atomic E-state index is -0.400. The van der Waals surface area contributed by atoms with Crippen LogP contribution in [0, 0.1) is 5.21 Å². The van der Waals surface area contributed by atoms with Gasteiger partial charge >= 0.3 is 0 Å². The molecule has 1 atom stereocenters. The Kier molecular flexibility index (Phi) is 7.23. The first-order chi connectivity index (χ1) is 7.11. The Morgan fingerprint density at radius 2 is 2.27 bits per heavy atom. The standard InChI is InChI=1S/C10H19N3O2/c1-4-5-6-7-8-13(15)11-9(2)10(3)12-14/h7-9,14H,4-6H2,1-3H3. The van der Waals surface area contributed by atoms with E-state index in [9.17, 15) is 5.21 Å². The third-order valence-corrected chi connectivity index (χ3v) is 2.01. The number of oxime groups is 1. The maximum Gasteiger partial charge on any atom is 0.205 e. The van der Waals surface area contributed by atoms with Crippen molar-refractivity contribution >= 4 is 5.71 Å². The summed E-state index contributed by atoms with van der Waals surface area (Å²) < 4.78 is 0. The molecule has 0 amide bonds. The molecule has 1 unspecified atom stereocenters. The Morgan fingerprint density at radius 3 is 2.80 bits per heavy atom. The first kappa shape index (κ1) is 13.6. The van der Waals surface area contributed by atoms with Crippen molar-refractivity contribution in [2.45, 2.75) is 46.1 Å². The van der Waals surface area contributed by atoms with E-state index in [0.717, 1.165) is 19.3 Å². The largest absolute Gasteiger partial charge is 0.595 e. The first-order valence-corrected chi connectivity index (χ1v) is 5.14. The Hall–Kier alpha value is -1.39. The summed E-state index contributed by atoms with van der Waals surface area (Å²) in [6, 6.07) is -0.400. The van der Waals surface area contributed by atoms with Crippen LogP contribution >= 0.6 is 0 Å². The minimum Gasteiger partial charge on any atom is -0.595 e. The molecule has 0 aromatic heterocycles. The van der Waals surface area contributed by atoms with Crippen molar-refractivity contribution in [2.24, 2.45) is 10.3 Å².